The van der Waals surface area contributed by atoms with Crippen molar-refractivity contribution in [1.82, 2.24) is 4.98 Å². The number of hydrogen-bond donors (Lipinski definition) is 1. The number of rotatable bonds is 4. The first kappa shape index (κ1) is 14.3. The maximum absolute atomic E-state index is 13.9. The van der Waals surface area contributed by atoms with Gasteiger partial charge in [-0.15, -0.1) is 0 Å². The van der Waals surface area contributed by atoms with Crippen LogP contribution in [0.4, 0.5) is 4.39 Å². The minimum Gasteiger partial charge on any atom is -0.493 e. The molecule has 6 nitrogen and oxygen atoms in total. The van der Waals surface area contributed by atoms with Crippen molar-refractivity contribution < 1.29 is 23.8 Å². The van der Waals surface area contributed by atoms with Crippen molar-refractivity contribution in [3.63, 3.8) is 0 Å². The van der Waals surface area contributed by atoms with Gasteiger partial charge in [0, 0.05) is 12.3 Å². The minimum atomic E-state index is -1.42. The number of nitrogens with zero attached hydrogens (tertiary/aromatic N) is 2. The van der Waals surface area contributed by atoms with Crippen molar-refractivity contribution in [3.05, 3.63) is 47.4 Å². The number of aromatic nitrogens is 1. The number of benzene rings is 1. The summed E-state index contributed by atoms with van der Waals surface area (Å²) in [6.45, 7) is 0. The number of carboxylic acids is 1. The fraction of sp³-hybridized carbons (Fsp3) is 0.0714. The molecule has 2 aromatic rings. The first-order valence-electron chi connectivity index (χ1n) is 5.70. The van der Waals surface area contributed by atoms with E-state index in [1.165, 1.54) is 25.3 Å². The van der Waals surface area contributed by atoms with Gasteiger partial charge in [0.25, 0.3) is 5.88 Å². The Hall–Kier alpha value is -3.14. The predicted molar refractivity (Wildman–Crippen MR) is 68.9 cm³/mol. The van der Waals surface area contributed by atoms with Crippen molar-refractivity contribution in [2.45, 2.75) is 0 Å². The van der Waals surface area contributed by atoms with Crippen LogP contribution in [-0.2, 0) is 0 Å². The van der Waals surface area contributed by atoms with E-state index in [2.05, 4.69) is 4.98 Å². The van der Waals surface area contributed by atoms with Crippen LogP contribution >= 0.6 is 0 Å². The molecule has 0 atom stereocenters. The molecule has 0 unspecified atom stereocenters. The number of carbonyl (C=O) groups is 1. The topological polar surface area (TPSA) is 92.4 Å². The molecule has 1 aromatic heterocycles. The van der Waals surface area contributed by atoms with Crippen LogP contribution in [0.1, 0.15) is 15.9 Å². The second-order valence-corrected chi connectivity index (χ2v) is 3.86. The molecule has 106 valence electrons. The summed E-state index contributed by atoms with van der Waals surface area (Å²) in [5.74, 6) is -2.68. The maximum atomic E-state index is 13.9. The average Bonchev–Trinajstić information content (AvgIpc) is 2.49. The van der Waals surface area contributed by atoms with Gasteiger partial charge in [-0.3, -0.25) is 0 Å². The Labute approximate surface area is 119 Å². The molecular weight excluding hydrogens is 279 g/mol. The van der Waals surface area contributed by atoms with E-state index in [0.29, 0.717) is 5.56 Å². The van der Waals surface area contributed by atoms with Crippen LogP contribution in [0.5, 0.6) is 17.4 Å². The lowest BCUT2D eigenvalue weighted by atomic mass is 10.2. The Morgan fingerprint density at radius 2 is 2.14 bits per heavy atom. The first-order valence-corrected chi connectivity index (χ1v) is 5.70. The summed E-state index contributed by atoms with van der Waals surface area (Å²) in [6.07, 6.45) is 1.12. The molecule has 0 saturated carbocycles. The van der Waals surface area contributed by atoms with Gasteiger partial charge in [-0.05, 0) is 18.2 Å². The van der Waals surface area contributed by atoms with Crippen molar-refractivity contribution in [1.29, 1.82) is 5.26 Å². The van der Waals surface area contributed by atoms with Gasteiger partial charge in [0.05, 0.1) is 18.7 Å². The molecule has 21 heavy (non-hydrogen) atoms. The van der Waals surface area contributed by atoms with Crippen LogP contribution in [0.25, 0.3) is 0 Å². The molecular formula is C14H9FN2O4. The highest BCUT2D eigenvalue weighted by Gasteiger charge is 2.18. The van der Waals surface area contributed by atoms with Crippen LogP contribution in [0.15, 0.2) is 30.5 Å². The second kappa shape index (κ2) is 5.88. The van der Waals surface area contributed by atoms with Crippen molar-refractivity contribution in [2.75, 3.05) is 7.11 Å². The van der Waals surface area contributed by atoms with Gasteiger partial charge in [0.1, 0.15) is 5.56 Å². The zero-order valence-electron chi connectivity index (χ0n) is 10.8. The van der Waals surface area contributed by atoms with Crippen LogP contribution in [0, 0.1) is 17.1 Å². The Morgan fingerprint density at radius 3 is 2.76 bits per heavy atom. The molecule has 7 heteroatoms. The van der Waals surface area contributed by atoms with Gasteiger partial charge in [0.15, 0.2) is 17.3 Å². The van der Waals surface area contributed by atoms with Crippen LogP contribution in [0.2, 0.25) is 0 Å². The molecule has 1 heterocycles. The fourth-order valence-corrected chi connectivity index (χ4v) is 1.59. The Bertz CT molecular complexity index is 740. The number of aromatic carboxylic acids is 1. The Kier molecular flexibility index (Phi) is 4.00. The lowest BCUT2D eigenvalue weighted by Gasteiger charge is -2.10. The number of nitriles is 1. The van der Waals surface area contributed by atoms with E-state index in [4.69, 9.17) is 19.8 Å². The summed E-state index contributed by atoms with van der Waals surface area (Å²) in [7, 11) is 1.36. The lowest BCUT2D eigenvalue weighted by Crippen LogP contribution is -2.04. The quantitative estimate of drug-likeness (QED) is 0.929. The SMILES string of the molecule is COc1cc(C#N)ccc1Oc1nccc(C(=O)O)c1F. The van der Waals surface area contributed by atoms with E-state index in [-0.39, 0.29) is 11.5 Å². The van der Waals surface area contributed by atoms with Gasteiger partial charge in [-0.1, -0.05) is 0 Å². The number of carboxylic acid groups (broad SMARTS) is 1. The number of ether oxygens (including phenoxy) is 2. The van der Waals surface area contributed by atoms with E-state index in [1.54, 1.807) is 0 Å². The van der Waals surface area contributed by atoms with Crippen LogP contribution in [-0.4, -0.2) is 23.2 Å². The third kappa shape index (κ3) is 2.90. The zero-order chi connectivity index (χ0) is 15.4. The van der Waals surface area contributed by atoms with Gasteiger partial charge in [0.2, 0.25) is 0 Å². The second-order valence-electron chi connectivity index (χ2n) is 3.86. The van der Waals surface area contributed by atoms with Crippen LogP contribution in [0.3, 0.4) is 0 Å². The molecule has 0 bridgehead atoms. The highest BCUT2D eigenvalue weighted by atomic mass is 19.1. The normalized spacial score (nSPS) is 9.76. The molecule has 0 amide bonds. The van der Waals surface area contributed by atoms with Gasteiger partial charge >= 0.3 is 5.97 Å². The molecule has 1 aromatic carbocycles. The molecule has 0 spiro atoms. The monoisotopic (exact) mass is 288 g/mol. The Morgan fingerprint density at radius 1 is 1.38 bits per heavy atom. The molecule has 0 aliphatic carbocycles. The van der Waals surface area contributed by atoms with E-state index in [0.717, 1.165) is 12.3 Å². The summed E-state index contributed by atoms with van der Waals surface area (Å²) >= 11 is 0. The standard InChI is InChI=1S/C14H9FN2O4/c1-20-11-6-8(7-16)2-3-10(11)21-13-12(15)9(14(18)19)4-5-17-13/h2-6H,1H3,(H,18,19). The molecule has 2 rings (SSSR count). The van der Waals surface area contributed by atoms with E-state index in [1.807, 2.05) is 6.07 Å². The molecule has 1 N–H and O–H groups in total. The number of halogens is 1. The number of methoxy groups -OCH3 is 1. The van der Waals surface area contributed by atoms with Gasteiger partial charge in [-0.2, -0.15) is 5.26 Å². The predicted octanol–water partition coefficient (Wildman–Crippen LogP) is 2.59. The van der Waals surface area contributed by atoms with E-state index >= 15 is 0 Å². The highest BCUT2D eigenvalue weighted by molar-refractivity contribution is 5.88. The summed E-state index contributed by atoms with van der Waals surface area (Å²) in [6, 6.07) is 7.23. The number of pyridine rings is 1. The van der Waals surface area contributed by atoms with Crippen LogP contribution < -0.4 is 9.47 Å². The zero-order valence-corrected chi connectivity index (χ0v) is 10.8. The minimum absolute atomic E-state index is 0.116. The Balaban J connectivity index is 2.41. The van der Waals surface area contributed by atoms with Crippen molar-refractivity contribution in [3.8, 4) is 23.4 Å². The molecule has 0 aliphatic rings. The number of hydrogen-bond acceptors (Lipinski definition) is 5. The summed E-state index contributed by atoms with van der Waals surface area (Å²) in [5, 5.41) is 17.6. The average molecular weight is 288 g/mol. The molecule has 0 saturated heterocycles. The highest BCUT2D eigenvalue weighted by Crippen LogP contribution is 2.32. The smallest absolute Gasteiger partial charge is 0.338 e. The molecule has 0 fully saturated rings. The van der Waals surface area contributed by atoms with Crippen molar-refractivity contribution >= 4 is 5.97 Å². The van der Waals surface area contributed by atoms with Gasteiger partial charge in [-0.25, -0.2) is 14.2 Å². The summed E-state index contributed by atoms with van der Waals surface area (Å²) in [5.41, 5.74) is -0.209. The third-order valence-corrected chi connectivity index (χ3v) is 2.59. The third-order valence-electron chi connectivity index (χ3n) is 2.59. The lowest BCUT2D eigenvalue weighted by molar-refractivity contribution is 0.0690. The van der Waals surface area contributed by atoms with Gasteiger partial charge < -0.3 is 14.6 Å². The molecule has 0 radical (unpaired) electrons. The van der Waals surface area contributed by atoms with E-state index < -0.39 is 23.2 Å². The first-order chi connectivity index (χ1) is 10.1. The maximum Gasteiger partial charge on any atom is 0.338 e. The fourth-order valence-electron chi connectivity index (χ4n) is 1.59. The van der Waals surface area contributed by atoms with Crippen molar-refractivity contribution in [2.24, 2.45) is 0 Å². The molecule has 0 aliphatic heterocycles. The summed E-state index contributed by atoms with van der Waals surface area (Å²) < 4.78 is 24.2. The largest absolute Gasteiger partial charge is 0.493 e. The van der Waals surface area contributed by atoms with E-state index in [9.17, 15) is 9.18 Å². The summed E-state index contributed by atoms with van der Waals surface area (Å²) in [4.78, 5) is 14.5.